The zero-order chi connectivity index (χ0) is 43.8. The van der Waals surface area contributed by atoms with E-state index in [1.54, 1.807) is 7.11 Å². The quantitative estimate of drug-likeness (QED) is 0.111. The van der Waals surface area contributed by atoms with E-state index in [9.17, 15) is 15.0 Å². The van der Waals surface area contributed by atoms with Crippen LogP contribution in [0.4, 0.5) is 0 Å². The summed E-state index contributed by atoms with van der Waals surface area (Å²) in [4.78, 5) is 12.1. The molecule has 326 valence electrons. The highest BCUT2D eigenvalue weighted by Crippen LogP contribution is 2.49. The topological polar surface area (TPSA) is 85.2 Å². The van der Waals surface area contributed by atoms with Crippen molar-refractivity contribution in [3.8, 4) is 17.2 Å². The molecule has 59 heavy (non-hydrogen) atoms. The lowest BCUT2D eigenvalue weighted by Gasteiger charge is -2.45. The number of ether oxygens (including phenoxy) is 3. The van der Waals surface area contributed by atoms with E-state index in [0.29, 0.717) is 61.7 Å². The Labute approximate surface area is 358 Å². The molecule has 0 aliphatic heterocycles. The molecule has 2 N–H and O–H groups in total. The van der Waals surface area contributed by atoms with Crippen LogP contribution in [0.1, 0.15) is 147 Å². The fourth-order valence-electron chi connectivity index (χ4n) is 9.23. The molecule has 3 atom stereocenters. The monoisotopic (exact) mass is 811 g/mol. The van der Waals surface area contributed by atoms with Crippen LogP contribution in [0.25, 0.3) is 0 Å². The van der Waals surface area contributed by atoms with Crippen molar-refractivity contribution in [3.05, 3.63) is 99.6 Å². The summed E-state index contributed by atoms with van der Waals surface area (Å²) in [6.45, 7) is 29.0. The molecular weight excluding hydrogens is 733 g/mol. The molecule has 0 spiro atoms. The number of carbonyl (C=O) groups is 1. The Morgan fingerprint density at radius 1 is 0.780 bits per heavy atom. The smallest absolute Gasteiger partial charge is 0.155 e. The summed E-state index contributed by atoms with van der Waals surface area (Å²) < 4.78 is 17.8. The Morgan fingerprint density at radius 3 is 1.97 bits per heavy atom. The molecule has 0 saturated carbocycles. The van der Waals surface area contributed by atoms with Crippen LogP contribution in [0.5, 0.6) is 17.2 Å². The summed E-state index contributed by atoms with van der Waals surface area (Å²) >= 11 is 0. The molecule has 4 rings (SSSR count). The number of benzene rings is 3. The van der Waals surface area contributed by atoms with Gasteiger partial charge in [-0.2, -0.15) is 0 Å². The van der Waals surface area contributed by atoms with Gasteiger partial charge >= 0.3 is 0 Å². The van der Waals surface area contributed by atoms with Gasteiger partial charge in [-0.3, -0.25) is 4.79 Å². The van der Waals surface area contributed by atoms with E-state index >= 15 is 0 Å². The van der Waals surface area contributed by atoms with Gasteiger partial charge < -0.3 is 24.4 Å². The molecule has 0 radical (unpaired) electrons. The van der Waals surface area contributed by atoms with Gasteiger partial charge in [0.1, 0.15) is 30.5 Å². The first-order chi connectivity index (χ1) is 27.5. The summed E-state index contributed by atoms with van der Waals surface area (Å²) in [5, 5.41) is 21.3. The number of aromatic hydroxyl groups is 1. The number of hydrogen-bond acceptors (Lipinski definition) is 6. The second-order valence-corrected chi connectivity index (χ2v) is 21.5. The number of rotatable bonds is 20. The Balaban J connectivity index is 1.37. The lowest BCUT2D eigenvalue weighted by atomic mass is 9.60. The molecule has 0 aromatic heterocycles. The standard InChI is InChI=1S/C53H78O6/c1-36-26-40(48(56)43(29-36)35-57-13)31-41-27-37(2)28-42(34-54)49(41)59-25-24-58-46-20-14-38(15-21-46)30-44(51(6,7)8)32-52(9,10)22-23-53(11,12)47(33-50(3,4)5)39-16-18-45(55)19-17-39/h14-16,18,20-21,26-29,39,44,47,54,56H,17,19,22-25,30-35H2,1-13H3. The van der Waals surface area contributed by atoms with E-state index in [1.165, 1.54) is 18.4 Å². The summed E-state index contributed by atoms with van der Waals surface area (Å²) in [5.74, 6) is 3.46. The summed E-state index contributed by atoms with van der Waals surface area (Å²) in [6.07, 6.45) is 11.9. The molecule has 3 unspecified atom stereocenters. The predicted molar refractivity (Wildman–Crippen MR) is 243 cm³/mol. The molecule has 3 aromatic rings. The van der Waals surface area contributed by atoms with Crippen molar-refractivity contribution in [2.24, 2.45) is 39.4 Å². The Kier molecular flexibility index (Phi) is 16.5. The minimum absolute atomic E-state index is 0.147. The van der Waals surface area contributed by atoms with Gasteiger partial charge in [0.25, 0.3) is 0 Å². The van der Waals surface area contributed by atoms with Gasteiger partial charge in [-0.25, -0.2) is 0 Å². The molecule has 0 bridgehead atoms. The van der Waals surface area contributed by atoms with Gasteiger partial charge in [-0.05, 0) is 127 Å². The number of hydrogen-bond donors (Lipinski definition) is 2. The second-order valence-electron chi connectivity index (χ2n) is 21.5. The van der Waals surface area contributed by atoms with Crippen LogP contribution in [0.15, 0.2) is 60.7 Å². The van der Waals surface area contributed by atoms with E-state index in [4.69, 9.17) is 14.2 Å². The average Bonchev–Trinajstić information content (AvgIpc) is 3.14. The van der Waals surface area contributed by atoms with Crippen molar-refractivity contribution in [2.75, 3.05) is 20.3 Å². The van der Waals surface area contributed by atoms with Crippen LogP contribution in [0.2, 0.25) is 0 Å². The summed E-state index contributed by atoms with van der Waals surface area (Å²) in [6, 6.07) is 16.5. The van der Waals surface area contributed by atoms with Gasteiger partial charge in [-0.1, -0.05) is 123 Å². The zero-order valence-corrected chi connectivity index (χ0v) is 39.0. The van der Waals surface area contributed by atoms with Gasteiger partial charge in [0.05, 0.1) is 13.2 Å². The molecule has 1 aliphatic rings. The SMILES string of the molecule is COCc1cc(C)cc(Cc2cc(C)cc(CO)c2OCCOc2ccc(CC(CC(C)(C)CCC(C)(C)C(CC(C)(C)C)C3C=CC(=O)CC3)C(C)(C)C)cc2)c1O. The molecule has 0 saturated heterocycles. The van der Waals surface area contributed by atoms with Crippen molar-refractivity contribution >= 4 is 5.78 Å². The first-order valence-corrected chi connectivity index (χ1v) is 22.1. The van der Waals surface area contributed by atoms with Gasteiger partial charge in [0.2, 0.25) is 0 Å². The molecular formula is C53H78O6. The molecule has 6 nitrogen and oxygen atoms in total. The summed E-state index contributed by atoms with van der Waals surface area (Å²) in [5.41, 5.74) is 7.29. The average molecular weight is 811 g/mol. The normalized spacial score (nSPS) is 16.3. The third kappa shape index (κ3) is 14.5. The van der Waals surface area contributed by atoms with Gasteiger partial charge in [0.15, 0.2) is 5.78 Å². The maximum Gasteiger partial charge on any atom is 0.155 e. The van der Waals surface area contributed by atoms with Crippen LogP contribution in [-0.2, 0) is 35.6 Å². The number of phenolic OH excluding ortho intramolecular Hbond substituents is 1. The number of methoxy groups -OCH3 is 1. The first kappa shape index (κ1) is 48.1. The van der Waals surface area contributed by atoms with Crippen molar-refractivity contribution in [1.82, 2.24) is 0 Å². The summed E-state index contributed by atoms with van der Waals surface area (Å²) in [7, 11) is 1.62. The van der Waals surface area contributed by atoms with Crippen molar-refractivity contribution in [3.63, 3.8) is 0 Å². The van der Waals surface area contributed by atoms with E-state index in [2.05, 4.69) is 106 Å². The van der Waals surface area contributed by atoms with Crippen LogP contribution < -0.4 is 9.47 Å². The minimum atomic E-state index is -0.147. The maximum atomic E-state index is 12.1. The van der Waals surface area contributed by atoms with Crippen LogP contribution in [-0.4, -0.2) is 36.3 Å². The number of aliphatic hydroxyl groups is 1. The number of carbonyl (C=O) groups excluding carboxylic acids is 1. The second kappa shape index (κ2) is 20.3. The molecule has 1 aliphatic carbocycles. The maximum absolute atomic E-state index is 12.1. The fourth-order valence-corrected chi connectivity index (χ4v) is 9.23. The largest absolute Gasteiger partial charge is 0.507 e. The first-order valence-electron chi connectivity index (χ1n) is 22.1. The van der Waals surface area contributed by atoms with Crippen LogP contribution in [0.3, 0.4) is 0 Å². The highest BCUT2D eigenvalue weighted by atomic mass is 16.5. The van der Waals surface area contributed by atoms with Gasteiger partial charge in [0, 0.05) is 31.1 Å². The van der Waals surface area contributed by atoms with Crippen molar-refractivity contribution in [1.29, 1.82) is 0 Å². The van der Waals surface area contributed by atoms with E-state index in [-0.39, 0.29) is 39.8 Å². The number of aliphatic hydroxyl groups excluding tert-OH is 1. The number of aryl methyl sites for hydroxylation is 2. The fraction of sp³-hybridized carbons (Fsp3) is 0.604. The molecule has 0 heterocycles. The van der Waals surface area contributed by atoms with Crippen molar-refractivity contribution in [2.45, 2.75) is 148 Å². The molecule has 0 amide bonds. The Morgan fingerprint density at radius 2 is 1.39 bits per heavy atom. The lowest BCUT2D eigenvalue weighted by molar-refractivity contribution is -0.115. The molecule has 0 fully saturated rings. The van der Waals surface area contributed by atoms with Crippen LogP contribution >= 0.6 is 0 Å². The van der Waals surface area contributed by atoms with E-state index < -0.39 is 0 Å². The Hall–Kier alpha value is -3.61. The third-order valence-corrected chi connectivity index (χ3v) is 12.7. The lowest BCUT2D eigenvalue weighted by Crippen LogP contribution is -2.36. The molecule has 3 aromatic carbocycles. The third-order valence-electron chi connectivity index (χ3n) is 12.7. The van der Waals surface area contributed by atoms with E-state index in [1.807, 2.05) is 38.1 Å². The number of ketones is 1. The van der Waals surface area contributed by atoms with Crippen LogP contribution in [0, 0.1) is 53.3 Å². The minimum Gasteiger partial charge on any atom is -0.507 e. The van der Waals surface area contributed by atoms with Crippen molar-refractivity contribution < 1.29 is 29.2 Å². The van der Waals surface area contributed by atoms with Gasteiger partial charge in [-0.15, -0.1) is 0 Å². The zero-order valence-electron chi connectivity index (χ0n) is 39.0. The highest BCUT2D eigenvalue weighted by molar-refractivity contribution is 5.90. The number of allylic oxidation sites excluding steroid dienone is 2. The van der Waals surface area contributed by atoms with E-state index in [0.717, 1.165) is 59.3 Å². The Bertz CT molecular complexity index is 1850. The highest BCUT2D eigenvalue weighted by Gasteiger charge is 2.40. The predicted octanol–water partition coefficient (Wildman–Crippen LogP) is 12.7. The molecule has 6 heteroatoms. The number of phenols is 1.